The molecule has 0 aliphatic carbocycles. The smallest absolute Gasteiger partial charge is 0.251 e. The molecular weight excluding hydrogens is 332 g/mol. The van der Waals surface area contributed by atoms with E-state index in [0.717, 1.165) is 17.7 Å². The van der Waals surface area contributed by atoms with Crippen LogP contribution in [-0.4, -0.2) is 26.4 Å². The maximum Gasteiger partial charge on any atom is 0.251 e. The van der Waals surface area contributed by atoms with E-state index in [1.54, 1.807) is 11.0 Å². The van der Waals surface area contributed by atoms with Crippen LogP contribution >= 0.6 is 11.8 Å². The SMILES string of the molecule is O=C(N[C@@H]1CCSc2ccccc21)c1ccc(Cn2cncn2)cc1. The van der Waals surface area contributed by atoms with E-state index in [1.807, 2.05) is 48.2 Å². The largest absolute Gasteiger partial charge is 0.345 e. The van der Waals surface area contributed by atoms with Gasteiger partial charge >= 0.3 is 0 Å². The van der Waals surface area contributed by atoms with Crippen molar-refractivity contribution >= 4 is 17.7 Å². The van der Waals surface area contributed by atoms with Gasteiger partial charge in [-0.25, -0.2) is 9.67 Å². The average Bonchev–Trinajstić information content (AvgIpc) is 3.16. The van der Waals surface area contributed by atoms with Crippen LogP contribution in [0, 0.1) is 0 Å². The number of aromatic nitrogens is 3. The zero-order chi connectivity index (χ0) is 17.1. The van der Waals surface area contributed by atoms with E-state index < -0.39 is 0 Å². The van der Waals surface area contributed by atoms with Gasteiger partial charge in [0.25, 0.3) is 5.91 Å². The highest BCUT2D eigenvalue weighted by atomic mass is 32.2. The fourth-order valence-electron chi connectivity index (χ4n) is 3.00. The van der Waals surface area contributed by atoms with Crippen LogP contribution in [0.2, 0.25) is 0 Å². The van der Waals surface area contributed by atoms with Crippen LogP contribution in [0.5, 0.6) is 0 Å². The predicted octanol–water partition coefficient (Wildman–Crippen LogP) is 3.29. The Balaban J connectivity index is 1.45. The predicted molar refractivity (Wildman–Crippen MR) is 97.6 cm³/mol. The van der Waals surface area contributed by atoms with Gasteiger partial charge in [0.15, 0.2) is 0 Å². The van der Waals surface area contributed by atoms with Gasteiger partial charge in [-0.15, -0.1) is 11.8 Å². The van der Waals surface area contributed by atoms with Gasteiger partial charge < -0.3 is 5.32 Å². The summed E-state index contributed by atoms with van der Waals surface area (Å²) in [7, 11) is 0. The Kier molecular flexibility index (Phi) is 4.52. The Morgan fingerprint density at radius 1 is 1.20 bits per heavy atom. The van der Waals surface area contributed by atoms with Crippen molar-refractivity contribution in [3.05, 3.63) is 77.9 Å². The van der Waals surface area contributed by atoms with Crippen LogP contribution in [-0.2, 0) is 6.54 Å². The Hall–Kier alpha value is -2.60. The average molecular weight is 350 g/mol. The third kappa shape index (κ3) is 3.58. The molecule has 2 heterocycles. The normalized spacial score (nSPS) is 16.2. The number of hydrogen-bond acceptors (Lipinski definition) is 4. The topological polar surface area (TPSA) is 59.8 Å². The molecule has 5 nitrogen and oxygen atoms in total. The lowest BCUT2D eigenvalue weighted by Gasteiger charge is -2.25. The maximum absolute atomic E-state index is 12.6. The minimum Gasteiger partial charge on any atom is -0.345 e. The molecule has 1 atom stereocenters. The van der Waals surface area contributed by atoms with Gasteiger partial charge in [-0.2, -0.15) is 5.10 Å². The standard InChI is InChI=1S/C19H18N4OS/c24-19(22-17-9-10-25-18-4-2-1-3-16(17)18)15-7-5-14(6-8-15)11-23-13-20-12-21-23/h1-8,12-13,17H,9-11H2,(H,22,24)/t17-/m1/s1. The van der Waals surface area contributed by atoms with Gasteiger partial charge in [0.2, 0.25) is 0 Å². The Morgan fingerprint density at radius 3 is 2.84 bits per heavy atom. The number of fused-ring (bicyclic) bond motifs is 1. The van der Waals surface area contributed by atoms with Crippen LogP contribution in [0.25, 0.3) is 0 Å². The first-order valence-electron chi connectivity index (χ1n) is 8.23. The number of thioether (sulfide) groups is 1. The molecular formula is C19H18N4OS. The lowest BCUT2D eigenvalue weighted by atomic mass is 10.0. The quantitative estimate of drug-likeness (QED) is 0.784. The summed E-state index contributed by atoms with van der Waals surface area (Å²) in [6.45, 7) is 0.648. The molecule has 0 unspecified atom stereocenters. The number of amides is 1. The minimum atomic E-state index is -0.0287. The van der Waals surface area contributed by atoms with Crippen LogP contribution < -0.4 is 5.32 Å². The van der Waals surface area contributed by atoms with Crippen molar-refractivity contribution in [1.82, 2.24) is 20.1 Å². The Morgan fingerprint density at radius 2 is 2.04 bits per heavy atom. The highest BCUT2D eigenvalue weighted by Crippen LogP contribution is 2.35. The Bertz CT molecular complexity index is 861. The third-order valence-electron chi connectivity index (χ3n) is 4.29. The molecule has 1 amide bonds. The molecule has 1 aliphatic rings. The summed E-state index contributed by atoms with van der Waals surface area (Å²) in [6.07, 6.45) is 4.15. The molecule has 2 aromatic carbocycles. The van der Waals surface area contributed by atoms with E-state index >= 15 is 0 Å². The number of carbonyl (C=O) groups is 1. The molecule has 0 fully saturated rings. The molecule has 0 spiro atoms. The molecule has 0 bridgehead atoms. The van der Waals surface area contributed by atoms with Crippen molar-refractivity contribution in [2.75, 3.05) is 5.75 Å². The summed E-state index contributed by atoms with van der Waals surface area (Å²) >= 11 is 1.85. The lowest BCUT2D eigenvalue weighted by molar-refractivity contribution is 0.0935. The summed E-state index contributed by atoms with van der Waals surface area (Å²) in [5.41, 5.74) is 2.98. The summed E-state index contributed by atoms with van der Waals surface area (Å²) in [5.74, 6) is 0.998. The summed E-state index contributed by atoms with van der Waals surface area (Å²) in [6, 6.07) is 16.0. The molecule has 0 saturated carbocycles. The highest BCUT2D eigenvalue weighted by Gasteiger charge is 2.22. The zero-order valence-electron chi connectivity index (χ0n) is 13.6. The molecule has 3 aromatic rings. The fourth-order valence-corrected chi connectivity index (χ4v) is 4.12. The second-order valence-electron chi connectivity index (χ2n) is 5.99. The first-order chi connectivity index (χ1) is 12.3. The fraction of sp³-hybridized carbons (Fsp3) is 0.211. The van der Waals surface area contributed by atoms with Crippen molar-refractivity contribution in [3.63, 3.8) is 0 Å². The monoisotopic (exact) mass is 350 g/mol. The van der Waals surface area contributed by atoms with Crippen LogP contribution in [0.4, 0.5) is 0 Å². The minimum absolute atomic E-state index is 0.0287. The summed E-state index contributed by atoms with van der Waals surface area (Å²) in [5, 5.41) is 7.27. The van der Waals surface area contributed by atoms with Gasteiger partial charge in [-0.05, 0) is 35.7 Å². The van der Waals surface area contributed by atoms with Crippen molar-refractivity contribution < 1.29 is 4.79 Å². The summed E-state index contributed by atoms with van der Waals surface area (Å²) < 4.78 is 1.76. The molecule has 6 heteroatoms. The lowest BCUT2D eigenvalue weighted by Crippen LogP contribution is -2.30. The highest BCUT2D eigenvalue weighted by molar-refractivity contribution is 7.99. The van der Waals surface area contributed by atoms with E-state index in [1.165, 1.54) is 16.8 Å². The number of carbonyl (C=O) groups excluding carboxylic acids is 1. The molecule has 4 rings (SSSR count). The molecule has 1 aliphatic heterocycles. The van der Waals surface area contributed by atoms with E-state index in [-0.39, 0.29) is 11.9 Å². The van der Waals surface area contributed by atoms with Crippen molar-refractivity contribution in [1.29, 1.82) is 0 Å². The third-order valence-corrected chi connectivity index (χ3v) is 5.41. The molecule has 0 radical (unpaired) electrons. The Labute approximate surface area is 150 Å². The summed E-state index contributed by atoms with van der Waals surface area (Å²) in [4.78, 5) is 17.8. The number of benzene rings is 2. The zero-order valence-corrected chi connectivity index (χ0v) is 14.4. The number of rotatable bonds is 4. The maximum atomic E-state index is 12.6. The molecule has 1 N–H and O–H groups in total. The second kappa shape index (κ2) is 7.11. The van der Waals surface area contributed by atoms with Gasteiger partial charge in [-0.1, -0.05) is 30.3 Å². The molecule has 0 saturated heterocycles. The van der Waals surface area contributed by atoms with Crippen LogP contribution in [0.15, 0.2) is 66.1 Å². The van der Waals surface area contributed by atoms with E-state index in [2.05, 4.69) is 27.5 Å². The van der Waals surface area contributed by atoms with Crippen molar-refractivity contribution in [2.24, 2.45) is 0 Å². The number of nitrogens with one attached hydrogen (secondary N) is 1. The van der Waals surface area contributed by atoms with Crippen LogP contribution in [0.3, 0.4) is 0 Å². The van der Waals surface area contributed by atoms with E-state index in [4.69, 9.17) is 0 Å². The van der Waals surface area contributed by atoms with E-state index in [0.29, 0.717) is 12.1 Å². The first-order valence-corrected chi connectivity index (χ1v) is 9.22. The van der Waals surface area contributed by atoms with E-state index in [9.17, 15) is 4.79 Å². The number of nitrogens with zero attached hydrogens (tertiary/aromatic N) is 3. The van der Waals surface area contributed by atoms with Gasteiger partial charge in [0.05, 0.1) is 12.6 Å². The number of hydrogen-bond donors (Lipinski definition) is 1. The van der Waals surface area contributed by atoms with Crippen LogP contribution in [0.1, 0.15) is 33.9 Å². The van der Waals surface area contributed by atoms with Gasteiger partial charge in [-0.3, -0.25) is 4.79 Å². The molecule has 1 aromatic heterocycles. The second-order valence-corrected chi connectivity index (χ2v) is 7.13. The molecule has 126 valence electrons. The van der Waals surface area contributed by atoms with Gasteiger partial charge in [0, 0.05) is 16.2 Å². The first kappa shape index (κ1) is 15.9. The van der Waals surface area contributed by atoms with Crippen molar-refractivity contribution in [2.45, 2.75) is 23.9 Å². The van der Waals surface area contributed by atoms with Gasteiger partial charge in [0.1, 0.15) is 12.7 Å². The molecule has 25 heavy (non-hydrogen) atoms. The van der Waals surface area contributed by atoms with Crippen molar-refractivity contribution in [3.8, 4) is 0 Å².